The molecule has 6 heteroatoms. The molecular weight excluding hydrogens is 275 g/mol. The molecule has 0 amide bonds. The van der Waals surface area contributed by atoms with Crippen molar-refractivity contribution < 1.29 is 4.39 Å². The van der Waals surface area contributed by atoms with Crippen molar-refractivity contribution in [3.05, 3.63) is 47.2 Å². The summed E-state index contributed by atoms with van der Waals surface area (Å²) in [5.74, 6) is -0.449. The van der Waals surface area contributed by atoms with Crippen LogP contribution in [0, 0.1) is 17.1 Å². The van der Waals surface area contributed by atoms with Gasteiger partial charge in [0.05, 0.1) is 32.8 Å². The van der Waals surface area contributed by atoms with Crippen LogP contribution in [0.3, 0.4) is 0 Å². The maximum atomic E-state index is 13.1. The molecule has 20 heavy (non-hydrogen) atoms. The Morgan fingerprint density at radius 1 is 1.25 bits per heavy atom. The van der Waals surface area contributed by atoms with Crippen molar-refractivity contribution in [2.75, 3.05) is 11.1 Å². The van der Waals surface area contributed by atoms with Gasteiger partial charge in [0.2, 0.25) is 0 Å². The van der Waals surface area contributed by atoms with Gasteiger partial charge in [-0.1, -0.05) is 0 Å². The number of nitrogen functional groups attached to an aromatic ring is 1. The highest BCUT2D eigenvalue weighted by Crippen LogP contribution is 2.32. The zero-order valence-electron chi connectivity index (χ0n) is 10.2. The SMILES string of the molecule is N#Cc1cc(F)ccc1Nc1ccc2scnc2c1N. The third-order valence-corrected chi connectivity index (χ3v) is 3.71. The Kier molecular flexibility index (Phi) is 2.97. The molecule has 0 unspecified atom stereocenters. The van der Waals surface area contributed by atoms with Crippen molar-refractivity contribution in [1.82, 2.24) is 4.98 Å². The second-order valence-corrected chi connectivity index (χ2v) is 5.04. The van der Waals surface area contributed by atoms with Gasteiger partial charge < -0.3 is 11.1 Å². The van der Waals surface area contributed by atoms with E-state index in [1.807, 2.05) is 18.2 Å². The smallest absolute Gasteiger partial charge is 0.124 e. The zero-order valence-corrected chi connectivity index (χ0v) is 11.0. The summed E-state index contributed by atoms with van der Waals surface area (Å²) >= 11 is 1.51. The Morgan fingerprint density at radius 2 is 2.05 bits per heavy atom. The zero-order chi connectivity index (χ0) is 14.1. The Bertz CT molecular complexity index is 835. The molecule has 0 saturated carbocycles. The second kappa shape index (κ2) is 4.79. The number of nitrogens with one attached hydrogen (secondary N) is 1. The van der Waals surface area contributed by atoms with Gasteiger partial charge in [0.15, 0.2) is 0 Å². The van der Waals surface area contributed by atoms with Crippen LogP contribution in [-0.4, -0.2) is 4.98 Å². The van der Waals surface area contributed by atoms with E-state index in [2.05, 4.69) is 10.3 Å². The van der Waals surface area contributed by atoms with Crippen LogP contribution in [0.1, 0.15) is 5.56 Å². The molecule has 0 atom stereocenters. The molecule has 0 aliphatic carbocycles. The highest BCUT2D eigenvalue weighted by molar-refractivity contribution is 7.16. The van der Waals surface area contributed by atoms with Crippen molar-refractivity contribution in [2.45, 2.75) is 0 Å². The van der Waals surface area contributed by atoms with E-state index < -0.39 is 5.82 Å². The monoisotopic (exact) mass is 284 g/mol. The van der Waals surface area contributed by atoms with Crippen LogP contribution in [0.5, 0.6) is 0 Å². The summed E-state index contributed by atoms with van der Waals surface area (Å²) in [6.45, 7) is 0. The van der Waals surface area contributed by atoms with Crippen molar-refractivity contribution in [1.29, 1.82) is 5.26 Å². The fourth-order valence-corrected chi connectivity index (χ4v) is 2.62. The Labute approximate surface area is 118 Å². The first kappa shape index (κ1) is 12.4. The van der Waals surface area contributed by atoms with E-state index in [4.69, 9.17) is 11.0 Å². The summed E-state index contributed by atoms with van der Waals surface area (Å²) in [6.07, 6.45) is 0. The number of hydrogen-bond donors (Lipinski definition) is 2. The summed E-state index contributed by atoms with van der Waals surface area (Å²) in [4.78, 5) is 4.21. The van der Waals surface area contributed by atoms with Crippen LogP contribution in [0.4, 0.5) is 21.5 Å². The van der Waals surface area contributed by atoms with Crippen LogP contribution >= 0.6 is 11.3 Å². The minimum absolute atomic E-state index is 0.225. The fourth-order valence-electron chi connectivity index (χ4n) is 1.92. The number of rotatable bonds is 2. The summed E-state index contributed by atoms with van der Waals surface area (Å²) in [5, 5.41) is 12.1. The first-order chi connectivity index (χ1) is 9.69. The maximum Gasteiger partial charge on any atom is 0.124 e. The van der Waals surface area contributed by atoms with E-state index >= 15 is 0 Å². The Morgan fingerprint density at radius 3 is 2.85 bits per heavy atom. The average molecular weight is 284 g/mol. The summed E-state index contributed by atoms with van der Waals surface area (Å²) in [7, 11) is 0. The molecule has 0 aliphatic heterocycles. The summed E-state index contributed by atoms with van der Waals surface area (Å²) in [5.41, 5.74) is 10.4. The molecular formula is C14H9FN4S. The van der Waals surface area contributed by atoms with E-state index in [9.17, 15) is 4.39 Å². The number of thiazole rings is 1. The molecule has 1 aromatic heterocycles. The largest absolute Gasteiger partial charge is 0.395 e. The second-order valence-electron chi connectivity index (χ2n) is 4.15. The number of halogens is 1. The molecule has 2 aromatic carbocycles. The molecule has 4 nitrogen and oxygen atoms in total. The standard InChI is InChI=1S/C14H9FN4S/c15-9-1-2-10(8(5-9)6-16)19-11-3-4-12-14(13(11)17)18-7-20-12/h1-5,7,19H,17H2. The Hall–Kier alpha value is -2.65. The summed E-state index contributed by atoms with van der Waals surface area (Å²) < 4.78 is 14.1. The minimum Gasteiger partial charge on any atom is -0.395 e. The van der Waals surface area contributed by atoms with Gasteiger partial charge in [-0.05, 0) is 30.3 Å². The lowest BCUT2D eigenvalue weighted by atomic mass is 10.1. The molecule has 0 aliphatic rings. The molecule has 3 N–H and O–H groups in total. The van der Waals surface area contributed by atoms with Crippen molar-refractivity contribution in [3.63, 3.8) is 0 Å². The number of nitrogens with two attached hydrogens (primary N) is 1. The van der Waals surface area contributed by atoms with Crippen LogP contribution in [0.25, 0.3) is 10.2 Å². The first-order valence-electron chi connectivity index (χ1n) is 5.77. The lowest BCUT2D eigenvalue weighted by molar-refractivity contribution is 0.627. The predicted octanol–water partition coefficient (Wildman–Crippen LogP) is 3.63. The van der Waals surface area contributed by atoms with Gasteiger partial charge in [0.1, 0.15) is 17.4 Å². The summed E-state index contributed by atoms with van der Waals surface area (Å²) in [6, 6.07) is 9.66. The van der Waals surface area contributed by atoms with Crippen molar-refractivity contribution in [2.24, 2.45) is 0 Å². The van der Waals surface area contributed by atoms with Gasteiger partial charge >= 0.3 is 0 Å². The molecule has 0 spiro atoms. The molecule has 0 fully saturated rings. The molecule has 0 radical (unpaired) electrons. The number of nitriles is 1. The number of hydrogen-bond acceptors (Lipinski definition) is 5. The van der Waals surface area contributed by atoms with E-state index in [1.54, 1.807) is 5.51 Å². The molecule has 0 bridgehead atoms. The number of anilines is 3. The van der Waals surface area contributed by atoms with E-state index in [0.29, 0.717) is 17.1 Å². The van der Waals surface area contributed by atoms with Gasteiger partial charge in [-0.15, -0.1) is 11.3 Å². The molecule has 3 rings (SSSR count). The molecule has 1 heterocycles. The third kappa shape index (κ3) is 2.04. The van der Waals surface area contributed by atoms with Gasteiger partial charge in [0.25, 0.3) is 0 Å². The van der Waals surface area contributed by atoms with E-state index in [0.717, 1.165) is 10.2 Å². The first-order valence-corrected chi connectivity index (χ1v) is 6.65. The predicted molar refractivity (Wildman–Crippen MR) is 78.4 cm³/mol. The highest BCUT2D eigenvalue weighted by atomic mass is 32.1. The van der Waals surface area contributed by atoms with Crippen LogP contribution in [0.15, 0.2) is 35.8 Å². The van der Waals surface area contributed by atoms with Crippen LogP contribution in [-0.2, 0) is 0 Å². The van der Waals surface area contributed by atoms with Crippen LogP contribution < -0.4 is 11.1 Å². The fraction of sp³-hybridized carbons (Fsp3) is 0. The number of aromatic nitrogens is 1. The normalized spacial score (nSPS) is 10.4. The van der Waals surface area contributed by atoms with Crippen LogP contribution in [0.2, 0.25) is 0 Å². The average Bonchev–Trinajstić information content (AvgIpc) is 2.93. The molecule has 0 saturated heterocycles. The number of nitrogens with zero attached hydrogens (tertiary/aromatic N) is 2. The lowest BCUT2D eigenvalue weighted by Gasteiger charge is -2.11. The van der Waals surface area contributed by atoms with Gasteiger partial charge in [-0.3, -0.25) is 0 Å². The molecule has 98 valence electrons. The van der Waals surface area contributed by atoms with Gasteiger partial charge in [-0.2, -0.15) is 5.26 Å². The number of fused-ring (bicyclic) bond motifs is 1. The highest BCUT2D eigenvalue weighted by Gasteiger charge is 2.09. The van der Waals surface area contributed by atoms with E-state index in [-0.39, 0.29) is 5.56 Å². The Balaban J connectivity index is 2.05. The quantitative estimate of drug-likeness (QED) is 0.705. The van der Waals surface area contributed by atoms with Crippen molar-refractivity contribution in [3.8, 4) is 6.07 Å². The maximum absolute atomic E-state index is 13.1. The van der Waals surface area contributed by atoms with Crippen molar-refractivity contribution >= 4 is 38.6 Å². The van der Waals surface area contributed by atoms with E-state index in [1.165, 1.54) is 29.5 Å². The third-order valence-electron chi connectivity index (χ3n) is 2.91. The lowest BCUT2D eigenvalue weighted by Crippen LogP contribution is -1.99. The van der Waals surface area contributed by atoms with Gasteiger partial charge in [0, 0.05) is 0 Å². The van der Waals surface area contributed by atoms with Gasteiger partial charge in [-0.25, -0.2) is 9.37 Å². The molecule has 3 aromatic rings. The topological polar surface area (TPSA) is 74.7 Å². The number of benzene rings is 2. The minimum atomic E-state index is -0.449.